The Bertz CT molecular complexity index is 365. The monoisotopic (exact) mass is 243 g/mol. The summed E-state index contributed by atoms with van der Waals surface area (Å²) in [5.41, 5.74) is 1.33. The normalized spacial score (nSPS) is 11.5. The van der Waals surface area contributed by atoms with Crippen LogP contribution in [0.3, 0.4) is 0 Å². The van der Waals surface area contributed by atoms with Crippen molar-refractivity contribution in [1.82, 2.24) is 5.32 Å². The molecule has 0 bridgehead atoms. The molecule has 0 aromatic heterocycles. The molecule has 17 heavy (non-hydrogen) atoms. The highest BCUT2D eigenvalue weighted by Gasteiger charge is 2.29. The number of alkyl halides is 3. The summed E-state index contributed by atoms with van der Waals surface area (Å²) in [5, 5.41) is 3.15. The van der Waals surface area contributed by atoms with Crippen molar-refractivity contribution in [2.75, 3.05) is 6.54 Å². The number of hydrogen-bond acceptors (Lipinski definition) is 1. The van der Waals surface area contributed by atoms with Crippen LogP contribution in [0.5, 0.6) is 0 Å². The summed E-state index contributed by atoms with van der Waals surface area (Å²) >= 11 is 0. The van der Waals surface area contributed by atoms with E-state index in [9.17, 15) is 13.2 Å². The van der Waals surface area contributed by atoms with Gasteiger partial charge in [0.15, 0.2) is 0 Å². The number of benzene rings is 1. The first-order valence-electron chi connectivity index (χ1n) is 5.41. The van der Waals surface area contributed by atoms with E-state index < -0.39 is 11.7 Å². The molecule has 1 rings (SSSR count). The van der Waals surface area contributed by atoms with Gasteiger partial charge in [-0.15, -0.1) is 6.58 Å². The van der Waals surface area contributed by atoms with Crippen molar-refractivity contribution in [3.63, 3.8) is 0 Å². The van der Waals surface area contributed by atoms with Gasteiger partial charge in [-0.2, -0.15) is 13.2 Å². The molecular formula is C13H16F3N. The predicted octanol–water partition coefficient (Wildman–Crippen LogP) is 3.76. The average molecular weight is 243 g/mol. The first-order valence-corrected chi connectivity index (χ1v) is 5.41. The van der Waals surface area contributed by atoms with E-state index in [-0.39, 0.29) is 0 Å². The fourth-order valence-electron chi connectivity index (χ4n) is 1.35. The minimum Gasteiger partial charge on any atom is -0.312 e. The Balaban J connectivity index is 2.43. The van der Waals surface area contributed by atoms with Crippen LogP contribution in [0.2, 0.25) is 0 Å². The van der Waals surface area contributed by atoms with Crippen LogP contribution in [0.1, 0.15) is 24.5 Å². The standard InChI is InChI=1S/C13H16F3N/c1-10(2)7-8-17-9-11-3-5-12(6-4-11)13(14,15)16/h3-6,17H,1,7-9H2,2H3. The van der Waals surface area contributed by atoms with E-state index in [1.54, 1.807) is 0 Å². The third kappa shape index (κ3) is 5.04. The summed E-state index contributed by atoms with van der Waals surface area (Å²) in [6.45, 7) is 7.08. The lowest BCUT2D eigenvalue weighted by Crippen LogP contribution is -2.15. The maximum atomic E-state index is 12.3. The molecule has 1 aromatic rings. The Labute approximate surface area is 99.3 Å². The number of rotatable bonds is 5. The lowest BCUT2D eigenvalue weighted by molar-refractivity contribution is -0.137. The zero-order valence-corrected chi connectivity index (χ0v) is 9.77. The van der Waals surface area contributed by atoms with Gasteiger partial charge in [0.25, 0.3) is 0 Å². The van der Waals surface area contributed by atoms with E-state index in [2.05, 4.69) is 11.9 Å². The summed E-state index contributed by atoms with van der Waals surface area (Å²) in [6.07, 6.45) is -3.38. The van der Waals surface area contributed by atoms with Gasteiger partial charge in [-0.3, -0.25) is 0 Å². The lowest BCUT2D eigenvalue weighted by Gasteiger charge is -2.08. The van der Waals surface area contributed by atoms with Crippen molar-refractivity contribution in [2.24, 2.45) is 0 Å². The van der Waals surface area contributed by atoms with Crippen LogP contribution in [-0.2, 0) is 12.7 Å². The molecule has 0 unspecified atom stereocenters. The molecule has 0 fully saturated rings. The molecule has 1 aromatic carbocycles. The van der Waals surface area contributed by atoms with Gasteiger partial charge in [0.05, 0.1) is 5.56 Å². The van der Waals surface area contributed by atoms with Crippen molar-refractivity contribution in [1.29, 1.82) is 0 Å². The van der Waals surface area contributed by atoms with Gasteiger partial charge in [-0.25, -0.2) is 0 Å². The van der Waals surface area contributed by atoms with Gasteiger partial charge >= 0.3 is 6.18 Å². The Kier molecular flexibility index (Phi) is 4.75. The summed E-state index contributed by atoms with van der Waals surface area (Å²) in [4.78, 5) is 0. The van der Waals surface area contributed by atoms with Crippen molar-refractivity contribution in [3.8, 4) is 0 Å². The highest BCUT2D eigenvalue weighted by atomic mass is 19.4. The number of halogens is 3. The van der Waals surface area contributed by atoms with E-state index in [0.29, 0.717) is 6.54 Å². The molecule has 0 amide bonds. The molecule has 0 aliphatic carbocycles. The molecule has 1 nitrogen and oxygen atoms in total. The van der Waals surface area contributed by atoms with Crippen molar-refractivity contribution >= 4 is 0 Å². The molecule has 0 heterocycles. The Morgan fingerprint density at radius 1 is 1.24 bits per heavy atom. The van der Waals surface area contributed by atoms with Crippen LogP contribution in [0.15, 0.2) is 36.4 Å². The van der Waals surface area contributed by atoms with E-state index in [1.165, 1.54) is 12.1 Å². The summed E-state index contributed by atoms with van der Waals surface area (Å²) in [7, 11) is 0. The fourth-order valence-corrected chi connectivity index (χ4v) is 1.35. The van der Waals surface area contributed by atoms with Crippen molar-refractivity contribution in [2.45, 2.75) is 26.1 Å². The molecular weight excluding hydrogens is 227 g/mol. The van der Waals surface area contributed by atoms with E-state index in [1.807, 2.05) is 6.92 Å². The topological polar surface area (TPSA) is 12.0 Å². The molecule has 0 aliphatic rings. The average Bonchev–Trinajstić information content (AvgIpc) is 2.23. The zero-order valence-electron chi connectivity index (χ0n) is 9.77. The molecule has 1 N–H and O–H groups in total. The number of hydrogen-bond donors (Lipinski definition) is 1. The molecule has 0 radical (unpaired) electrons. The largest absolute Gasteiger partial charge is 0.416 e. The molecule has 0 atom stereocenters. The zero-order chi connectivity index (χ0) is 12.9. The van der Waals surface area contributed by atoms with Crippen molar-refractivity contribution < 1.29 is 13.2 Å². The Morgan fingerprint density at radius 2 is 1.82 bits per heavy atom. The van der Waals surface area contributed by atoms with Gasteiger partial charge in [-0.05, 0) is 37.6 Å². The van der Waals surface area contributed by atoms with Crippen LogP contribution in [0, 0.1) is 0 Å². The van der Waals surface area contributed by atoms with E-state index in [0.717, 1.165) is 36.2 Å². The van der Waals surface area contributed by atoms with Gasteiger partial charge < -0.3 is 5.32 Å². The summed E-state index contributed by atoms with van der Waals surface area (Å²) in [5.74, 6) is 0. The maximum absolute atomic E-state index is 12.3. The Morgan fingerprint density at radius 3 is 2.29 bits per heavy atom. The highest BCUT2D eigenvalue weighted by Crippen LogP contribution is 2.28. The highest BCUT2D eigenvalue weighted by molar-refractivity contribution is 5.24. The summed E-state index contributed by atoms with van der Waals surface area (Å²) in [6, 6.07) is 5.21. The van der Waals surface area contributed by atoms with Gasteiger partial charge in [0.1, 0.15) is 0 Å². The molecule has 94 valence electrons. The second-order valence-electron chi connectivity index (χ2n) is 4.08. The van der Waals surface area contributed by atoms with Crippen molar-refractivity contribution in [3.05, 3.63) is 47.5 Å². The molecule has 4 heteroatoms. The first kappa shape index (κ1) is 13.8. The van der Waals surface area contributed by atoms with Crippen LogP contribution >= 0.6 is 0 Å². The second-order valence-corrected chi connectivity index (χ2v) is 4.08. The Hall–Kier alpha value is -1.29. The lowest BCUT2D eigenvalue weighted by atomic mass is 10.1. The predicted molar refractivity (Wildman–Crippen MR) is 62.6 cm³/mol. The third-order valence-corrected chi connectivity index (χ3v) is 2.34. The molecule has 0 saturated heterocycles. The smallest absolute Gasteiger partial charge is 0.312 e. The number of nitrogens with one attached hydrogen (secondary N) is 1. The third-order valence-electron chi connectivity index (χ3n) is 2.34. The van der Waals surface area contributed by atoms with Gasteiger partial charge in [-0.1, -0.05) is 17.7 Å². The van der Waals surface area contributed by atoms with E-state index >= 15 is 0 Å². The molecule has 0 spiro atoms. The maximum Gasteiger partial charge on any atom is 0.416 e. The van der Waals surface area contributed by atoms with Crippen LogP contribution in [0.4, 0.5) is 13.2 Å². The minimum atomic E-state index is -4.26. The van der Waals surface area contributed by atoms with Crippen LogP contribution < -0.4 is 5.32 Å². The summed E-state index contributed by atoms with van der Waals surface area (Å²) < 4.78 is 36.9. The van der Waals surface area contributed by atoms with E-state index in [4.69, 9.17) is 0 Å². The van der Waals surface area contributed by atoms with Gasteiger partial charge in [0.2, 0.25) is 0 Å². The van der Waals surface area contributed by atoms with Crippen LogP contribution in [0.25, 0.3) is 0 Å². The quantitative estimate of drug-likeness (QED) is 0.613. The fraction of sp³-hybridized carbons (Fsp3) is 0.385. The second kappa shape index (κ2) is 5.87. The van der Waals surface area contributed by atoms with Gasteiger partial charge in [0, 0.05) is 6.54 Å². The molecule has 0 saturated carbocycles. The minimum absolute atomic E-state index is 0.575. The first-order chi connectivity index (χ1) is 7.89. The molecule has 0 aliphatic heterocycles. The SMILES string of the molecule is C=C(C)CCNCc1ccc(C(F)(F)F)cc1. The van der Waals surface area contributed by atoms with Crippen LogP contribution in [-0.4, -0.2) is 6.54 Å².